The zero-order chi connectivity index (χ0) is 13.1. The number of nitrogens with one attached hydrogen (secondary N) is 1. The van der Waals surface area contributed by atoms with Gasteiger partial charge in [-0.1, -0.05) is 12.1 Å². The van der Waals surface area contributed by atoms with E-state index >= 15 is 0 Å². The van der Waals surface area contributed by atoms with E-state index in [1.807, 2.05) is 29.1 Å². The van der Waals surface area contributed by atoms with Gasteiger partial charge in [0.15, 0.2) is 0 Å². The second kappa shape index (κ2) is 5.45. The molecule has 0 aliphatic carbocycles. The van der Waals surface area contributed by atoms with Gasteiger partial charge in [-0.25, -0.2) is 0 Å². The standard InChI is InChI=1S/C15H19N3O/c1-19-15-6-2-4-12(8-15)13-9-17-18(10-13)11-14-5-3-7-16-14/h2,4,6,8-10,14,16H,3,5,7,11H2,1H3. The molecule has 1 aliphatic heterocycles. The first-order chi connectivity index (χ1) is 9.35. The Balaban J connectivity index is 1.76. The first kappa shape index (κ1) is 12.2. The molecule has 0 amide bonds. The largest absolute Gasteiger partial charge is 0.497 e. The van der Waals surface area contributed by atoms with E-state index in [2.05, 4.69) is 22.7 Å². The van der Waals surface area contributed by atoms with Gasteiger partial charge in [-0.2, -0.15) is 5.10 Å². The molecule has 1 N–H and O–H groups in total. The van der Waals surface area contributed by atoms with Gasteiger partial charge in [0, 0.05) is 17.8 Å². The third-order valence-electron chi connectivity index (χ3n) is 3.61. The Labute approximate surface area is 113 Å². The summed E-state index contributed by atoms with van der Waals surface area (Å²) in [5.41, 5.74) is 2.28. The highest BCUT2D eigenvalue weighted by atomic mass is 16.5. The average Bonchev–Trinajstić information content (AvgIpc) is 3.11. The van der Waals surface area contributed by atoms with E-state index in [1.165, 1.54) is 12.8 Å². The summed E-state index contributed by atoms with van der Waals surface area (Å²) in [5, 5.41) is 7.94. The average molecular weight is 257 g/mol. The number of nitrogens with zero attached hydrogens (tertiary/aromatic N) is 2. The number of aromatic nitrogens is 2. The molecular weight excluding hydrogens is 238 g/mol. The molecule has 1 aromatic carbocycles. The molecule has 1 aliphatic rings. The zero-order valence-corrected chi connectivity index (χ0v) is 11.2. The molecule has 1 saturated heterocycles. The number of ether oxygens (including phenoxy) is 1. The molecule has 4 nitrogen and oxygen atoms in total. The van der Waals surface area contributed by atoms with Crippen LogP contribution in [0.25, 0.3) is 11.1 Å². The van der Waals surface area contributed by atoms with Gasteiger partial charge in [0.05, 0.1) is 19.9 Å². The lowest BCUT2D eigenvalue weighted by molar-refractivity contribution is 0.415. The van der Waals surface area contributed by atoms with Crippen molar-refractivity contribution in [1.82, 2.24) is 15.1 Å². The Kier molecular flexibility index (Phi) is 3.51. The van der Waals surface area contributed by atoms with Gasteiger partial charge in [-0.15, -0.1) is 0 Å². The molecule has 1 unspecified atom stereocenters. The van der Waals surface area contributed by atoms with Crippen LogP contribution in [0, 0.1) is 0 Å². The third kappa shape index (κ3) is 2.79. The quantitative estimate of drug-likeness (QED) is 0.913. The van der Waals surface area contributed by atoms with Crippen molar-refractivity contribution in [3.63, 3.8) is 0 Å². The van der Waals surface area contributed by atoms with E-state index in [0.717, 1.165) is 30.0 Å². The fourth-order valence-corrected chi connectivity index (χ4v) is 2.55. The van der Waals surface area contributed by atoms with E-state index in [0.29, 0.717) is 6.04 Å². The van der Waals surface area contributed by atoms with Crippen molar-refractivity contribution in [2.24, 2.45) is 0 Å². The number of hydrogen-bond donors (Lipinski definition) is 1. The van der Waals surface area contributed by atoms with Crippen molar-refractivity contribution < 1.29 is 4.74 Å². The van der Waals surface area contributed by atoms with Crippen LogP contribution in [0.5, 0.6) is 5.75 Å². The molecule has 0 radical (unpaired) electrons. The third-order valence-corrected chi connectivity index (χ3v) is 3.61. The first-order valence-corrected chi connectivity index (χ1v) is 6.75. The van der Waals surface area contributed by atoms with Crippen LogP contribution in [0.4, 0.5) is 0 Å². The maximum absolute atomic E-state index is 5.25. The van der Waals surface area contributed by atoms with Crippen LogP contribution in [0.2, 0.25) is 0 Å². The van der Waals surface area contributed by atoms with Crippen molar-refractivity contribution in [3.05, 3.63) is 36.7 Å². The topological polar surface area (TPSA) is 39.1 Å². The summed E-state index contributed by atoms with van der Waals surface area (Å²) < 4.78 is 7.28. The molecular formula is C15H19N3O. The van der Waals surface area contributed by atoms with Crippen LogP contribution in [-0.2, 0) is 6.54 Å². The van der Waals surface area contributed by atoms with Gasteiger partial charge < -0.3 is 10.1 Å². The first-order valence-electron chi connectivity index (χ1n) is 6.75. The van der Waals surface area contributed by atoms with E-state index in [4.69, 9.17) is 4.74 Å². The summed E-state index contributed by atoms with van der Waals surface area (Å²) in [6.45, 7) is 2.08. The van der Waals surface area contributed by atoms with Crippen LogP contribution in [0.1, 0.15) is 12.8 Å². The Bertz CT molecular complexity index is 544. The summed E-state index contributed by atoms with van der Waals surface area (Å²) >= 11 is 0. The minimum atomic E-state index is 0.568. The van der Waals surface area contributed by atoms with E-state index in [9.17, 15) is 0 Å². The minimum Gasteiger partial charge on any atom is -0.497 e. The number of rotatable bonds is 4. The van der Waals surface area contributed by atoms with E-state index < -0.39 is 0 Å². The van der Waals surface area contributed by atoms with Crippen molar-refractivity contribution in [3.8, 4) is 16.9 Å². The molecule has 0 bridgehead atoms. The lowest BCUT2D eigenvalue weighted by Crippen LogP contribution is -2.26. The monoisotopic (exact) mass is 257 g/mol. The Morgan fingerprint density at radius 3 is 3.16 bits per heavy atom. The van der Waals surface area contributed by atoms with Crippen LogP contribution in [0.15, 0.2) is 36.7 Å². The van der Waals surface area contributed by atoms with E-state index in [-0.39, 0.29) is 0 Å². The van der Waals surface area contributed by atoms with Gasteiger partial charge in [0.1, 0.15) is 5.75 Å². The smallest absolute Gasteiger partial charge is 0.119 e. The molecule has 2 heterocycles. The van der Waals surface area contributed by atoms with Crippen molar-refractivity contribution in [1.29, 1.82) is 0 Å². The normalized spacial score (nSPS) is 18.7. The van der Waals surface area contributed by atoms with Crippen molar-refractivity contribution in [2.45, 2.75) is 25.4 Å². The van der Waals surface area contributed by atoms with Gasteiger partial charge in [-0.05, 0) is 37.1 Å². The lowest BCUT2D eigenvalue weighted by atomic mass is 10.1. The second-order valence-corrected chi connectivity index (χ2v) is 4.98. The SMILES string of the molecule is COc1cccc(-c2cnn(CC3CCCN3)c2)c1. The minimum absolute atomic E-state index is 0.568. The summed E-state index contributed by atoms with van der Waals surface area (Å²) in [7, 11) is 1.69. The van der Waals surface area contributed by atoms with E-state index in [1.54, 1.807) is 7.11 Å². The van der Waals surface area contributed by atoms with Crippen LogP contribution in [0.3, 0.4) is 0 Å². The van der Waals surface area contributed by atoms with Crippen molar-refractivity contribution >= 4 is 0 Å². The number of benzene rings is 1. The van der Waals surface area contributed by atoms with Crippen LogP contribution < -0.4 is 10.1 Å². The Morgan fingerprint density at radius 2 is 2.37 bits per heavy atom. The fourth-order valence-electron chi connectivity index (χ4n) is 2.55. The summed E-state index contributed by atoms with van der Waals surface area (Å²) in [6, 6.07) is 8.64. The van der Waals surface area contributed by atoms with Crippen LogP contribution in [-0.4, -0.2) is 29.5 Å². The summed E-state index contributed by atoms with van der Waals surface area (Å²) in [6.07, 6.45) is 6.54. The number of methoxy groups -OCH3 is 1. The van der Waals surface area contributed by atoms with Gasteiger partial charge in [0.25, 0.3) is 0 Å². The molecule has 3 rings (SSSR count). The molecule has 1 fully saturated rings. The lowest BCUT2D eigenvalue weighted by Gasteiger charge is -2.09. The maximum Gasteiger partial charge on any atom is 0.119 e. The second-order valence-electron chi connectivity index (χ2n) is 4.98. The highest BCUT2D eigenvalue weighted by molar-refractivity contribution is 5.63. The Hall–Kier alpha value is -1.81. The molecule has 2 aromatic rings. The molecule has 100 valence electrons. The van der Waals surface area contributed by atoms with Crippen molar-refractivity contribution in [2.75, 3.05) is 13.7 Å². The Morgan fingerprint density at radius 1 is 1.42 bits per heavy atom. The summed E-state index contributed by atoms with van der Waals surface area (Å²) in [4.78, 5) is 0. The van der Waals surface area contributed by atoms with Gasteiger partial charge in [0.2, 0.25) is 0 Å². The predicted molar refractivity (Wildman–Crippen MR) is 75.2 cm³/mol. The summed E-state index contributed by atoms with van der Waals surface area (Å²) in [5.74, 6) is 0.878. The highest BCUT2D eigenvalue weighted by Crippen LogP contribution is 2.23. The molecule has 0 spiro atoms. The molecule has 1 atom stereocenters. The van der Waals surface area contributed by atoms with Gasteiger partial charge >= 0.3 is 0 Å². The molecule has 4 heteroatoms. The highest BCUT2D eigenvalue weighted by Gasteiger charge is 2.15. The molecule has 1 aromatic heterocycles. The van der Waals surface area contributed by atoms with Gasteiger partial charge in [-0.3, -0.25) is 4.68 Å². The number of hydrogen-bond acceptors (Lipinski definition) is 3. The maximum atomic E-state index is 5.25. The fraction of sp³-hybridized carbons (Fsp3) is 0.400. The molecule has 0 saturated carbocycles. The predicted octanol–water partition coefficient (Wildman–Crippen LogP) is 2.31. The molecule has 19 heavy (non-hydrogen) atoms. The zero-order valence-electron chi connectivity index (χ0n) is 11.2. The van der Waals surface area contributed by atoms with Crippen LogP contribution >= 0.6 is 0 Å².